The van der Waals surface area contributed by atoms with E-state index in [0.717, 1.165) is 31.5 Å². The SMILES string of the molecule is CCC(c1ccc(C(F)(F)F)cc1)N1C[C@H](C)NC[C@H]1CC. The van der Waals surface area contributed by atoms with Crippen LogP contribution in [0.1, 0.15) is 50.8 Å². The maximum atomic E-state index is 12.7. The number of hydrogen-bond acceptors (Lipinski definition) is 2. The van der Waals surface area contributed by atoms with Crippen LogP contribution in [0.5, 0.6) is 0 Å². The van der Waals surface area contributed by atoms with Gasteiger partial charge in [0.25, 0.3) is 0 Å². The molecule has 1 fully saturated rings. The highest BCUT2D eigenvalue weighted by Crippen LogP contribution is 2.33. The average molecular weight is 314 g/mol. The molecule has 1 saturated heterocycles. The average Bonchev–Trinajstić information content (AvgIpc) is 2.48. The predicted octanol–water partition coefficient (Wildman–Crippen LogP) is 4.23. The van der Waals surface area contributed by atoms with Crippen LogP contribution in [-0.4, -0.2) is 30.1 Å². The van der Waals surface area contributed by atoms with Crippen molar-refractivity contribution in [3.05, 3.63) is 35.4 Å². The van der Waals surface area contributed by atoms with Crippen molar-refractivity contribution in [2.24, 2.45) is 0 Å². The van der Waals surface area contributed by atoms with E-state index in [9.17, 15) is 13.2 Å². The Hall–Kier alpha value is -1.07. The first-order chi connectivity index (χ1) is 10.4. The number of rotatable bonds is 4. The van der Waals surface area contributed by atoms with Crippen LogP contribution in [0.4, 0.5) is 13.2 Å². The first-order valence-corrected chi connectivity index (χ1v) is 8.03. The Bertz CT molecular complexity index is 470. The van der Waals surface area contributed by atoms with Crippen LogP contribution in [0.3, 0.4) is 0 Å². The fraction of sp³-hybridized carbons (Fsp3) is 0.647. The summed E-state index contributed by atoms with van der Waals surface area (Å²) in [6.07, 6.45) is -2.33. The molecular weight excluding hydrogens is 289 g/mol. The molecule has 1 aliphatic heterocycles. The molecule has 0 aromatic heterocycles. The monoisotopic (exact) mass is 314 g/mol. The van der Waals surface area contributed by atoms with E-state index in [1.807, 2.05) is 0 Å². The minimum absolute atomic E-state index is 0.178. The summed E-state index contributed by atoms with van der Waals surface area (Å²) in [5, 5.41) is 3.48. The molecule has 1 heterocycles. The Morgan fingerprint density at radius 3 is 2.36 bits per heavy atom. The van der Waals surface area contributed by atoms with Crippen LogP contribution in [0, 0.1) is 0 Å². The van der Waals surface area contributed by atoms with Crippen molar-refractivity contribution in [3.63, 3.8) is 0 Å². The molecule has 2 nitrogen and oxygen atoms in total. The largest absolute Gasteiger partial charge is 0.416 e. The highest BCUT2D eigenvalue weighted by atomic mass is 19.4. The molecule has 124 valence electrons. The molecule has 1 aromatic carbocycles. The molecule has 0 spiro atoms. The number of nitrogens with zero attached hydrogens (tertiary/aromatic N) is 1. The zero-order valence-corrected chi connectivity index (χ0v) is 13.5. The van der Waals surface area contributed by atoms with Crippen LogP contribution in [0.25, 0.3) is 0 Å². The molecule has 1 aliphatic rings. The van der Waals surface area contributed by atoms with Gasteiger partial charge in [0.05, 0.1) is 5.56 Å². The first kappa shape index (κ1) is 17.3. The van der Waals surface area contributed by atoms with Gasteiger partial charge in [-0.25, -0.2) is 0 Å². The van der Waals surface area contributed by atoms with E-state index in [0.29, 0.717) is 12.1 Å². The highest BCUT2D eigenvalue weighted by molar-refractivity contribution is 5.27. The molecular formula is C17H25F3N2. The topological polar surface area (TPSA) is 15.3 Å². The minimum atomic E-state index is -4.27. The summed E-state index contributed by atoms with van der Waals surface area (Å²) >= 11 is 0. The van der Waals surface area contributed by atoms with E-state index in [1.165, 1.54) is 12.1 Å². The van der Waals surface area contributed by atoms with Gasteiger partial charge in [-0.05, 0) is 37.5 Å². The van der Waals surface area contributed by atoms with Gasteiger partial charge in [0.15, 0.2) is 0 Å². The summed E-state index contributed by atoms with van der Waals surface area (Å²) in [5.41, 5.74) is 0.398. The molecule has 22 heavy (non-hydrogen) atoms. The lowest BCUT2D eigenvalue weighted by molar-refractivity contribution is -0.137. The zero-order valence-electron chi connectivity index (χ0n) is 13.5. The maximum absolute atomic E-state index is 12.7. The number of halogens is 3. The van der Waals surface area contributed by atoms with Gasteiger partial charge in [-0.15, -0.1) is 0 Å². The van der Waals surface area contributed by atoms with Crippen LogP contribution in [-0.2, 0) is 6.18 Å². The van der Waals surface area contributed by atoms with E-state index in [-0.39, 0.29) is 6.04 Å². The van der Waals surface area contributed by atoms with Gasteiger partial charge < -0.3 is 5.32 Å². The smallest absolute Gasteiger partial charge is 0.311 e. The van der Waals surface area contributed by atoms with Crippen LogP contribution >= 0.6 is 0 Å². The lowest BCUT2D eigenvalue weighted by Crippen LogP contribution is -2.56. The number of benzene rings is 1. The number of piperazine rings is 1. The van der Waals surface area contributed by atoms with Crippen molar-refractivity contribution >= 4 is 0 Å². The maximum Gasteiger partial charge on any atom is 0.416 e. The van der Waals surface area contributed by atoms with Gasteiger partial charge in [0.2, 0.25) is 0 Å². The van der Waals surface area contributed by atoms with Gasteiger partial charge in [-0.1, -0.05) is 26.0 Å². The van der Waals surface area contributed by atoms with E-state index in [1.54, 1.807) is 12.1 Å². The summed E-state index contributed by atoms with van der Waals surface area (Å²) in [4.78, 5) is 2.45. The molecule has 5 heteroatoms. The van der Waals surface area contributed by atoms with Crippen molar-refractivity contribution in [2.45, 2.75) is 57.9 Å². The van der Waals surface area contributed by atoms with Crippen molar-refractivity contribution in [1.82, 2.24) is 10.2 Å². The fourth-order valence-electron chi connectivity index (χ4n) is 3.30. The van der Waals surface area contributed by atoms with E-state index >= 15 is 0 Å². The Labute approximate surface area is 130 Å². The number of nitrogens with one attached hydrogen (secondary N) is 1. The molecule has 1 aromatic rings. The van der Waals surface area contributed by atoms with Crippen molar-refractivity contribution in [1.29, 1.82) is 0 Å². The van der Waals surface area contributed by atoms with Gasteiger partial charge in [-0.3, -0.25) is 4.90 Å². The van der Waals surface area contributed by atoms with Crippen molar-refractivity contribution in [2.75, 3.05) is 13.1 Å². The molecule has 0 radical (unpaired) electrons. The Morgan fingerprint density at radius 2 is 1.86 bits per heavy atom. The summed E-state index contributed by atoms with van der Waals surface area (Å²) in [7, 11) is 0. The predicted molar refractivity (Wildman–Crippen MR) is 82.7 cm³/mol. The Morgan fingerprint density at radius 1 is 1.23 bits per heavy atom. The number of hydrogen-bond donors (Lipinski definition) is 1. The molecule has 0 bridgehead atoms. The molecule has 1 unspecified atom stereocenters. The Kier molecular flexibility index (Phi) is 5.50. The normalized spacial score (nSPS) is 25.2. The zero-order chi connectivity index (χ0) is 16.3. The number of alkyl halides is 3. The van der Waals surface area contributed by atoms with Gasteiger partial charge in [-0.2, -0.15) is 13.2 Å². The third-order valence-corrected chi connectivity index (χ3v) is 4.54. The van der Waals surface area contributed by atoms with E-state index in [4.69, 9.17) is 0 Å². The molecule has 0 aliphatic carbocycles. The standard InChI is InChI=1S/C17H25F3N2/c1-4-15-10-21-12(3)11-22(15)16(5-2)13-6-8-14(9-7-13)17(18,19)20/h6-9,12,15-16,21H,4-5,10-11H2,1-3H3/t12-,15+,16?/m0/s1. The molecule has 1 N–H and O–H groups in total. The van der Waals surface area contributed by atoms with Gasteiger partial charge in [0, 0.05) is 31.2 Å². The van der Waals surface area contributed by atoms with Crippen molar-refractivity contribution < 1.29 is 13.2 Å². The van der Waals surface area contributed by atoms with Crippen LogP contribution < -0.4 is 5.32 Å². The lowest BCUT2D eigenvalue weighted by atomic mass is 9.96. The molecule has 2 rings (SSSR count). The second kappa shape index (κ2) is 7.01. The third kappa shape index (κ3) is 3.82. The molecule has 0 amide bonds. The van der Waals surface area contributed by atoms with Crippen molar-refractivity contribution in [3.8, 4) is 0 Å². The van der Waals surface area contributed by atoms with E-state index < -0.39 is 11.7 Å². The van der Waals surface area contributed by atoms with Crippen LogP contribution in [0.2, 0.25) is 0 Å². The van der Waals surface area contributed by atoms with Crippen LogP contribution in [0.15, 0.2) is 24.3 Å². The Balaban J connectivity index is 2.23. The van der Waals surface area contributed by atoms with E-state index in [2.05, 4.69) is 31.0 Å². The highest BCUT2D eigenvalue weighted by Gasteiger charge is 2.32. The summed E-state index contributed by atoms with van der Waals surface area (Å²) < 4.78 is 38.1. The first-order valence-electron chi connectivity index (χ1n) is 8.03. The van der Waals surface area contributed by atoms with Gasteiger partial charge in [0.1, 0.15) is 0 Å². The fourth-order valence-corrected chi connectivity index (χ4v) is 3.30. The van der Waals surface area contributed by atoms with Gasteiger partial charge >= 0.3 is 6.18 Å². The third-order valence-electron chi connectivity index (χ3n) is 4.54. The molecule has 3 atom stereocenters. The summed E-state index contributed by atoms with van der Waals surface area (Å²) in [5.74, 6) is 0. The second-order valence-corrected chi connectivity index (χ2v) is 6.11. The summed E-state index contributed by atoms with van der Waals surface area (Å²) in [6.45, 7) is 8.28. The molecule has 0 saturated carbocycles. The summed E-state index contributed by atoms with van der Waals surface area (Å²) in [6, 6.07) is 6.69. The minimum Gasteiger partial charge on any atom is -0.311 e. The lowest BCUT2D eigenvalue weighted by Gasteiger charge is -2.44. The quantitative estimate of drug-likeness (QED) is 0.895. The second-order valence-electron chi connectivity index (χ2n) is 6.11.